The summed E-state index contributed by atoms with van der Waals surface area (Å²) in [5, 5.41) is 12.6. The highest BCUT2D eigenvalue weighted by atomic mass is 32.1. The van der Waals surface area contributed by atoms with Crippen LogP contribution in [0.2, 0.25) is 0 Å². The number of fused-ring (bicyclic) bond motifs is 2. The normalized spacial score (nSPS) is 18.6. The fourth-order valence-corrected chi connectivity index (χ4v) is 5.60. The van der Waals surface area contributed by atoms with E-state index >= 15 is 0 Å². The Labute approximate surface area is 193 Å². The molecular formula is C23H21N3O6S. The van der Waals surface area contributed by atoms with Gasteiger partial charge in [0.15, 0.2) is 18.1 Å². The Hall–Kier alpha value is -3.58. The number of ether oxygens (including phenoxy) is 3. The zero-order valence-corrected chi connectivity index (χ0v) is 18.5. The van der Waals surface area contributed by atoms with Crippen LogP contribution in [-0.4, -0.2) is 44.1 Å². The molecule has 2 amide bonds. The molecule has 0 bridgehead atoms. The quantitative estimate of drug-likeness (QED) is 0.671. The molecule has 1 aliphatic carbocycles. The second kappa shape index (κ2) is 8.75. The van der Waals surface area contributed by atoms with Crippen molar-refractivity contribution in [1.29, 1.82) is 5.26 Å². The number of nitriles is 1. The molecule has 1 saturated heterocycles. The van der Waals surface area contributed by atoms with E-state index < -0.39 is 24.4 Å². The molecule has 0 unspecified atom stereocenters. The van der Waals surface area contributed by atoms with Gasteiger partial charge in [-0.1, -0.05) is 0 Å². The number of carbonyl (C=O) groups is 3. The molecule has 0 radical (unpaired) electrons. The van der Waals surface area contributed by atoms with Crippen LogP contribution in [0.15, 0.2) is 18.2 Å². The summed E-state index contributed by atoms with van der Waals surface area (Å²) in [6, 6.07) is 7.37. The third-order valence-electron chi connectivity index (χ3n) is 5.93. The van der Waals surface area contributed by atoms with Gasteiger partial charge in [0.1, 0.15) is 24.3 Å². The van der Waals surface area contributed by atoms with Gasteiger partial charge < -0.3 is 24.4 Å². The predicted molar refractivity (Wildman–Crippen MR) is 119 cm³/mol. The summed E-state index contributed by atoms with van der Waals surface area (Å²) in [6.07, 6.45) is 2.78. The van der Waals surface area contributed by atoms with Crippen LogP contribution in [0.4, 0.5) is 10.7 Å². The Morgan fingerprint density at radius 3 is 2.88 bits per heavy atom. The molecule has 10 heteroatoms. The van der Waals surface area contributed by atoms with Crippen LogP contribution in [0.5, 0.6) is 11.5 Å². The molecule has 1 atom stereocenters. The van der Waals surface area contributed by atoms with Crippen molar-refractivity contribution >= 4 is 39.8 Å². The molecule has 1 aromatic heterocycles. The molecule has 2 aliphatic heterocycles. The molecule has 33 heavy (non-hydrogen) atoms. The van der Waals surface area contributed by atoms with Crippen molar-refractivity contribution in [1.82, 2.24) is 0 Å². The number of rotatable bonds is 5. The number of hydrogen-bond donors (Lipinski definition) is 1. The average Bonchev–Trinajstić information content (AvgIpc) is 3.51. The minimum Gasteiger partial charge on any atom is -0.486 e. The fraction of sp³-hybridized carbons (Fsp3) is 0.391. The van der Waals surface area contributed by atoms with Gasteiger partial charge in [0, 0.05) is 29.6 Å². The molecule has 9 nitrogen and oxygen atoms in total. The van der Waals surface area contributed by atoms with E-state index in [9.17, 15) is 19.6 Å². The van der Waals surface area contributed by atoms with Gasteiger partial charge in [0.2, 0.25) is 5.91 Å². The van der Waals surface area contributed by atoms with Crippen molar-refractivity contribution in [2.45, 2.75) is 25.7 Å². The smallest absolute Gasteiger partial charge is 0.311 e. The summed E-state index contributed by atoms with van der Waals surface area (Å²) < 4.78 is 16.2. The number of carbonyl (C=O) groups excluding carboxylic acids is 3. The van der Waals surface area contributed by atoms with Crippen LogP contribution in [0.25, 0.3) is 0 Å². The second-order valence-corrected chi connectivity index (χ2v) is 9.17. The van der Waals surface area contributed by atoms with Crippen LogP contribution < -0.4 is 19.7 Å². The largest absolute Gasteiger partial charge is 0.486 e. The first-order valence-electron chi connectivity index (χ1n) is 10.7. The molecule has 170 valence electrons. The molecule has 3 heterocycles. The SMILES string of the molecule is N#Cc1c(NC(=O)COC(=O)[C@@H]2CC(=O)N(c3ccc4c(c3)OCCO4)C2)sc2c1CCC2. The van der Waals surface area contributed by atoms with Gasteiger partial charge in [0.05, 0.1) is 11.5 Å². The number of anilines is 2. The Kier molecular flexibility index (Phi) is 5.64. The van der Waals surface area contributed by atoms with Crippen molar-refractivity contribution in [3.63, 3.8) is 0 Å². The molecule has 5 rings (SSSR count). The zero-order chi connectivity index (χ0) is 22.9. The van der Waals surface area contributed by atoms with Gasteiger partial charge in [-0.25, -0.2) is 0 Å². The number of aryl methyl sites for hydroxylation is 1. The fourth-order valence-electron chi connectivity index (χ4n) is 4.34. The molecule has 3 aliphatic rings. The lowest BCUT2D eigenvalue weighted by Crippen LogP contribution is -2.28. The summed E-state index contributed by atoms with van der Waals surface area (Å²) in [4.78, 5) is 40.0. The summed E-state index contributed by atoms with van der Waals surface area (Å²) >= 11 is 1.40. The minimum atomic E-state index is -0.668. The van der Waals surface area contributed by atoms with Gasteiger partial charge in [-0.05, 0) is 37.0 Å². The van der Waals surface area contributed by atoms with Gasteiger partial charge >= 0.3 is 5.97 Å². The van der Waals surface area contributed by atoms with Gasteiger partial charge in [-0.2, -0.15) is 5.26 Å². The number of benzene rings is 1. The Morgan fingerprint density at radius 1 is 1.24 bits per heavy atom. The van der Waals surface area contributed by atoms with Crippen LogP contribution in [0, 0.1) is 17.2 Å². The average molecular weight is 468 g/mol. The summed E-state index contributed by atoms with van der Waals surface area (Å²) in [5.74, 6) is -0.802. The van der Waals surface area contributed by atoms with E-state index in [4.69, 9.17) is 14.2 Å². The highest BCUT2D eigenvalue weighted by Gasteiger charge is 2.37. The van der Waals surface area contributed by atoms with Gasteiger partial charge in [-0.15, -0.1) is 11.3 Å². The van der Waals surface area contributed by atoms with E-state index in [2.05, 4.69) is 11.4 Å². The van der Waals surface area contributed by atoms with E-state index in [-0.39, 0.29) is 18.9 Å². The predicted octanol–water partition coefficient (Wildman–Crippen LogP) is 2.41. The molecule has 0 spiro atoms. The zero-order valence-electron chi connectivity index (χ0n) is 17.7. The number of amides is 2. The van der Waals surface area contributed by atoms with Gasteiger partial charge in [0.25, 0.3) is 5.91 Å². The van der Waals surface area contributed by atoms with Crippen molar-refractivity contribution in [3.05, 3.63) is 34.2 Å². The van der Waals surface area contributed by atoms with Crippen LogP contribution in [-0.2, 0) is 32.0 Å². The first-order chi connectivity index (χ1) is 16.0. The Morgan fingerprint density at radius 2 is 2.06 bits per heavy atom. The maximum Gasteiger partial charge on any atom is 0.311 e. The number of nitrogens with one attached hydrogen (secondary N) is 1. The third-order valence-corrected chi connectivity index (χ3v) is 7.13. The molecule has 1 aromatic carbocycles. The lowest BCUT2D eigenvalue weighted by atomic mass is 10.1. The van der Waals surface area contributed by atoms with E-state index in [1.54, 1.807) is 18.2 Å². The molecule has 1 N–H and O–H groups in total. The van der Waals surface area contributed by atoms with E-state index in [0.29, 0.717) is 41.0 Å². The highest BCUT2D eigenvalue weighted by Crippen LogP contribution is 2.39. The maximum atomic E-state index is 12.5. The van der Waals surface area contributed by atoms with Crippen molar-refractivity contribution < 1.29 is 28.6 Å². The van der Waals surface area contributed by atoms with Gasteiger partial charge in [-0.3, -0.25) is 14.4 Å². The lowest BCUT2D eigenvalue weighted by molar-refractivity contribution is -0.151. The van der Waals surface area contributed by atoms with Crippen molar-refractivity contribution in [3.8, 4) is 17.6 Å². The topological polar surface area (TPSA) is 118 Å². The summed E-state index contributed by atoms with van der Waals surface area (Å²) in [7, 11) is 0. The number of nitrogens with zero attached hydrogens (tertiary/aromatic N) is 2. The Bertz CT molecular complexity index is 1180. The monoisotopic (exact) mass is 467 g/mol. The minimum absolute atomic E-state index is 0.00508. The maximum absolute atomic E-state index is 12.5. The number of hydrogen-bond acceptors (Lipinski definition) is 8. The van der Waals surface area contributed by atoms with E-state index in [0.717, 1.165) is 29.7 Å². The number of thiophene rings is 1. The van der Waals surface area contributed by atoms with Crippen molar-refractivity contribution in [2.24, 2.45) is 5.92 Å². The molecule has 2 aromatic rings. The highest BCUT2D eigenvalue weighted by molar-refractivity contribution is 7.16. The number of esters is 1. The van der Waals surface area contributed by atoms with Crippen LogP contribution >= 0.6 is 11.3 Å². The standard InChI is InChI=1S/C23H21N3O6S/c24-10-16-15-2-1-3-19(15)33-22(16)25-20(27)12-32-23(29)13-8-21(28)26(11-13)14-4-5-17-18(9-14)31-7-6-30-17/h4-5,9,13H,1-3,6-8,11-12H2,(H,25,27)/t13-/m1/s1. The molecule has 0 saturated carbocycles. The second-order valence-electron chi connectivity index (χ2n) is 8.06. The lowest BCUT2D eigenvalue weighted by Gasteiger charge is -2.22. The first kappa shape index (κ1) is 21.3. The third kappa shape index (κ3) is 4.12. The van der Waals surface area contributed by atoms with Crippen molar-refractivity contribution in [2.75, 3.05) is 36.6 Å². The molecule has 1 fully saturated rings. The van der Waals surface area contributed by atoms with Crippen LogP contribution in [0.1, 0.15) is 28.8 Å². The van der Waals surface area contributed by atoms with E-state index in [1.807, 2.05) is 0 Å². The Balaban J connectivity index is 1.17. The molecular weight excluding hydrogens is 446 g/mol. The first-order valence-corrected chi connectivity index (χ1v) is 11.6. The van der Waals surface area contributed by atoms with E-state index in [1.165, 1.54) is 16.2 Å². The summed E-state index contributed by atoms with van der Waals surface area (Å²) in [6.45, 7) is 0.602. The van der Waals surface area contributed by atoms with Crippen LogP contribution in [0.3, 0.4) is 0 Å². The summed E-state index contributed by atoms with van der Waals surface area (Å²) in [5.41, 5.74) is 2.13.